The Morgan fingerprint density at radius 3 is 2.46 bits per heavy atom. The minimum absolute atomic E-state index is 0.0231. The third-order valence-corrected chi connectivity index (χ3v) is 6.00. The third kappa shape index (κ3) is 2.20. The summed E-state index contributed by atoms with van der Waals surface area (Å²) in [4.78, 5) is 12.6. The Bertz CT molecular complexity index is 939. The number of fused-ring (bicyclic) bond motifs is 1. The number of rotatable bonds is 3. The molecule has 4 rings (SSSR count). The Kier molecular flexibility index (Phi) is 3.38. The molecule has 6 nitrogen and oxygen atoms in total. The monoisotopic (exact) mass is 342 g/mol. The largest absolute Gasteiger partial charge is 0.274 e. The molecule has 2 aromatic carbocycles. The molecule has 0 aromatic heterocycles. The summed E-state index contributed by atoms with van der Waals surface area (Å²) in [6, 6.07) is 16.0. The van der Waals surface area contributed by atoms with E-state index in [1.165, 1.54) is 6.07 Å². The van der Waals surface area contributed by atoms with Gasteiger partial charge >= 0.3 is 0 Å². The second-order valence-corrected chi connectivity index (χ2v) is 7.50. The molecular weight excluding hydrogens is 326 g/mol. The van der Waals surface area contributed by atoms with Crippen LogP contribution in [0.1, 0.15) is 16.8 Å². The Labute approximate surface area is 140 Å². The number of benzene rings is 2. The molecule has 2 aromatic rings. The lowest BCUT2D eigenvalue weighted by Crippen LogP contribution is -2.42. The van der Waals surface area contributed by atoms with Crippen molar-refractivity contribution in [1.82, 2.24) is 4.31 Å². The van der Waals surface area contributed by atoms with Crippen molar-refractivity contribution in [2.24, 2.45) is 0 Å². The van der Waals surface area contributed by atoms with Gasteiger partial charge in [-0.05, 0) is 24.3 Å². The topological polar surface area (TPSA) is 60.7 Å². The zero-order valence-corrected chi connectivity index (χ0v) is 13.7. The predicted octanol–water partition coefficient (Wildman–Crippen LogP) is 1.70. The molecule has 0 radical (unpaired) electrons. The standard InChI is InChI=1S/C17H16N3O3S/c21-17-15-9-4-5-10-16(15)24(22,23)20(17)13-18-11-6-12-19(18)14-7-2-1-3-8-14/h1-5,7-11H,6,12-13H2/q+1. The van der Waals surface area contributed by atoms with E-state index < -0.39 is 15.9 Å². The van der Waals surface area contributed by atoms with E-state index in [1.54, 1.807) is 22.9 Å². The Hall–Kier alpha value is -2.67. The SMILES string of the molecule is O=C1c2ccccc2S(=O)(=O)N1C[N+]1=CCCN1c1ccccc1. The molecule has 7 heteroatoms. The van der Waals surface area contributed by atoms with Crippen LogP contribution in [0.5, 0.6) is 0 Å². The summed E-state index contributed by atoms with van der Waals surface area (Å²) in [6.07, 6.45) is 2.71. The van der Waals surface area contributed by atoms with Crippen molar-refractivity contribution in [2.45, 2.75) is 11.3 Å². The van der Waals surface area contributed by atoms with Crippen LogP contribution in [0.15, 0.2) is 59.5 Å². The van der Waals surface area contributed by atoms with E-state index in [4.69, 9.17) is 0 Å². The smallest absolute Gasteiger partial charge is 0.268 e. The van der Waals surface area contributed by atoms with Gasteiger partial charge in [0, 0.05) is 0 Å². The zero-order chi connectivity index (χ0) is 16.7. The fourth-order valence-electron chi connectivity index (χ4n) is 3.07. The molecule has 1 amide bonds. The number of sulfonamides is 1. The maximum absolute atomic E-state index is 12.7. The van der Waals surface area contributed by atoms with Crippen LogP contribution in [0.25, 0.3) is 0 Å². The molecule has 0 spiro atoms. The van der Waals surface area contributed by atoms with Gasteiger partial charge in [0.2, 0.25) is 0 Å². The molecule has 2 aliphatic rings. The maximum Gasteiger partial charge on any atom is 0.274 e. The Morgan fingerprint density at radius 1 is 1.00 bits per heavy atom. The number of hydrazone groups is 1. The molecular formula is C17H16N3O3S+. The second-order valence-electron chi connectivity index (χ2n) is 5.67. The van der Waals surface area contributed by atoms with Crippen LogP contribution >= 0.6 is 0 Å². The summed E-state index contributed by atoms with van der Waals surface area (Å²) in [5.41, 5.74) is 1.20. The molecule has 0 saturated carbocycles. The lowest BCUT2D eigenvalue weighted by molar-refractivity contribution is -0.541. The normalized spacial score (nSPS) is 18.7. The van der Waals surface area contributed by atoms with E-state index in [1.807, 2.05) is 41.6 Å². The van der Waals surface area contributed by atoms with Crippen LogP contribution in [0.3, 0.4) is 0 Å². The third-order valence-electron chi connectivity index (χ3n) is 4.23. The highest BCUT2D eigenvalue weighted by atomic mass is 32.2. The van der Waals surface area contributed by atoms with Crippen molar-refractivity contribution in [3.8, 4) is 0 Å². The van der Waals surface area contributed by atoms with Gasteiger partial charge in [-0.3, -0.25) is 4.79 Å². The van der Waals surface area contributed by atoms with Crippen LogP contribution in [-0.2, 0) is 10.0 Å². The van der Waals surface area contributed by atoms with Gasteiger partial charge in [0.05, 0.1) is 24.2 Å². The van der Waals surface area contributed by atoms with Crippen LogP contribution in [0, 0.1) is 0 Å². The molecule has 24 heavy (non-hydrogen) atoms. The first-order valence-electron chi connectivity index (χ1n) is 7.67. The molecule has 2 aliphatic heterocycles. The molecule has 122 valence electrons. The fraction of sp³-hybridized carbons (Fsp3) is 0.176. The number of hydrazine groups is 1. The van der Waals surface area contributed by atoms with E-state index >= 15 is 0 Å². The van der Waals surface area contributed by atoms with Crippen LogP contribution in [-0.4, -0.2) is 42.7 Å². The summed E-state index contributed by atoms with van der Waals surface area (Å²) in [5.74, 6) is -0.473. The van der Waals surface area contributed by atoms with Gasteiger partial charge in [-0.25, -0.2) is 8.42 Å². The Morgan fingerprint density at radius 2 is 1.71 bits per heavy atom. The van der Waals surface area contributed by atoms with E-state index in [0.29, 0.717) is 0 Å². The average Bonchev–Trinajstić information content (AvgIpc) is 3.14. The van der Waals surface area contributed by atoms with Crippen molar-refractivity contribution in [3.63, 3.8) is 0 Å². The van der Waals surface area contributed by atoms with E-state index in [2.05, 4.69) is 0 Å². The van der Waals surface area contributed by atoms with Crippen molar-refractivity contribution in [1.29, 1.82) is 0 Å². The second kappa shape index (κ2) is 5.45. The number of carbonyl (C=O) groups is 1. The van der Waals surface area contributed by atoms with Gasteiger partial charge in [0.1, 0.15) is 4.90 Å². The summed E-state index contributed by atoms with van der Waals surface area (Å²) in [5, 5.41) is 1.98. The molecule has 0 saturated heterocycles. The number of carbonyl (C=O) groups excluding carboxylic acids is 1. The van der Waals surface area contributed by atoms with Gasteiger partial charge in [0.15, 0.2) is 6.21 Å². The summed E-state index contributed by atoms with van der Waals surface area (Å²) >= 11 is 0. The number of hydrogen-bond donors (Lipinski definition) is 0. The lowest BCUT2D eigenvalue weighted by Gasteiger charge is -2.19. The molecule has 0 fully saturated rings. The lowest BCUT2D eigenvalue weighted by atomic mass is 10.2. The zero-order valence-electron chi connectivity index (χ0n) is 12.9. The summed E-state index contributed by atoms with van der Waals surface area (Å²) in [6.45, 7) is 0.726. The number of anilines is 1. The molecule has 0 N–H and O–H groups in total. The van der Waals surface area contributed by atoms with Crippen LogP contribution in [0.4, 0.5) is 5.69 Å². The van der Waals surface area contributed by atoms with Crippen LogP contribution < -0.4 is 5.01 Å². The molecule has 0 aliphatic carbocycles. The van der Waals surface area contributed by atoms with Crippen LogP contribution in [0.2, 0.25) is 0 Å². The number of para-hydroxylation sites is 1. The van der Waals surface area contributed by atoms with Gasteiger partial charge in [-0.2, -0.15) is 9.31 Å². The first-order chi connectivity index (χ1) is 11.6. The quantitative estimate of drug-likeness (QED) is 0.797. The highest BCUT2D eigenvalue weighted by molar-refractivity contribution is 7.90. The summed E-state index contributed by atoms with van der Waals surface area (Å²) < 4.78 is 28.1. The van der Waals surface area contributed by atoms with E-state index in [-0.39, 0.29) is 17.1 Å². The molecule has 0 atom stereocenters. The minimum atomic E-state index is -3.79. The van der Waals surface area contributed by atoms with Crippen molar-refractivity contribution in [2.75, 3.05) is 18.2 Å². The average molecular weight is 342 g/mol. The number of hydrogen-bond acceptors (Lipinski definition) is 4. The van der Waals surface area contributed by atoms with E-state index in [9.17, 15) is 13.2 Å². The fourth-order valence-corrected chi connectivity index (χ4v) is 4.58. The number of amides is 1. The van der Waals surface area contributed by atoms with E-state index in [0.717, 1.165) is 23.0 Å². The molecule has 0 unspecified atom stereocenters. The van der Waals surface area contributed by atoms with Gasteiger partial charge in [-0.15, -0.1) is 0 Å². The van der Waals surface area contributed by atoms with Crippen molar-refractivity contribution in [3.05, 3.63) is 60.2 Å². The first kappa shape index (κ1) is 14.9. The number of nitrogens with zero attached hydrogens (tertiary/aromatic N) is 3. The Balaban J connectivity index is 1.66. The predicted molar refractivity (Wildman–Crippen MR) is 89.4 cm³/mol. The molecule has 2 heterocycles. The van der Waals surface area contributed by atoms with Crippen molar-refractivity contribution >= 4 is 27.8 Å². The van der Waals surface area contributed by atoms with Gasteiger partial charge in [-0.1, -0.05) is 35.0 Å². The van der Waals surface area contributed by atoms with Crippen molar-refractivity contribution < 1.29 is 17.9 Å². The van der Waals surface area contributed by atoms with Gasteiger partial charge < -0.3 is 0 Å². The molecule has 0 bridgehead atoms. The first-order valence-corrected chi connectivity index (χ1v) is 9.11. The highest BCUT2D eigenvalue weighted by Crippen LogP contribution is 2.30. The van der Waals surface area contributed by atoms with Gasteiger partial charge in [0.25, 0.3) is 22.6 Å². The minimum Gasteiger partial charge on any atom is -0.268 e. The maximum atomic E-state index is 12.7. The highest BCUT2D eigenvalue weighted by Gasteiger charge is 2.44. The summed E-state index contributed by atoms with van der Waals surface area (Å²) in [7, 11) is -3.79.